The van der Waals surface area contributed by atoms with E-state index in [4.69, 9.17) is 11.5 Å². The zero-order valence-electron chi connectivity index (χ0n) is 15.3. The third kappa shape index (κ3) is 9.22. The fourth-order valence-corrected chi connectivity index (χ4v) is 2.42. The lowest BCUT2D eigenvalue weighted by atomic mass is 9.76. The van der Waals surface area contributed by atoms with Crippen LogP contribution in [-0.4, -0.2) is 12.6 Å². The van der Waals surface area contributed by atoms with Gasteiger partial charge in [0.05, 0.1) is 0 Å². The standard InChI is InChI=1S/C20H38N2/c1-5-6-7-8-9-10-11-12-15-18(2)20(3,4)19(22)16-13-14-17-21/h5-6,9-10,15,19H,7-8,11-14,16-17,21-22H2,1-4H3/b6-5+,10-9+,18-15+. The van der Waals surface area contributed by atoms with Crippen LogP contribution in [-0.2, 0) is 0 Å². The Balaban J connectivity index is 4.15. The van der Waals surface area contributed by atoms with E-state index in [0.29, 0.717) is 0 Å². The summed E-state index contributed by atoms with van der Waals surface area (Å²) in [6, 6.07) is 0.215. The Hall–Kier alpha value is -0.860. The van der Waals surface area contributed by atoms with Crippen molar-refractivity contribution in [1.82, 2.24) is 0 Å². The summed E-state index contributed by atoms with van der Waals surface area (Å²) in [5, 5.41) is 0. The molecule has 0 aliphatic rings. The quantitative estimate of drug-likeness (QED) is 0.389. The van der Waals surface area contributed by atoms with Gasteiger partial charge in [-0.15, -0.1) is 0 Å². The van der Waals surface area contributed by atoms with Crippen molar-refractivity contribution in [3.63, 3.8) is 0 Å². The van der Waals surface area contributed by atoms with E-state index in [9.17, 15) is 0 Å². The van der Waals surface area contributed by atoms with Crippen LogP contribution in [0.4, 0.5) is 0 Å². The minimum atomic E-state index is 0.0736. The highest BCUT2D eigenvalue weighted by molar-refractivity contribution is 5.13. The van der Waals surface area contributed by atoms with E-state index in [0.717, 1.165) is 51.5 Å². The predicted molar refractivity (Wildman–Crippen MR) is 101 cm³/mol. The van der Waals surface area contributed by atoms with Crippen molar-refractivity contribution in [2.45, 2.75) is 78.7 Å². The Morgan fingerprint density at radius 1 is 1.00 bits per heavy atom. The van der Waals surface area contributed by atoms with Crippen LogP contribution in [0.25, 0.3) is 0 Å². The number of nitrogens with two attached hydrogens (primary N) is 2. The van der Waals surface area contributed by atoms with Crippen molar-refractivity contribution >= 4 is 0 Å². The van der Waals surface area contributed by atoms with Gasteiger partial charge < -0.3 is 11.5 Å². The summed E-state index contributed by atoms with van der Waals surface area (Å²) < 4.78 is 0. The predicted octanol–water partition coefficient (Wildman–Crippen LogP) is 5.11. The molecule has 4 N–H and O–H groups in total. The number of unbranched alkanes of at least 4 members (excludes halogenated alkanes) is 3. The Labute approximate surface area is 138 Å². The van der Waals surface area contributed by atoms with Gasteiger partial charge in [-0.3, -0.25) is 0 Å². The fraction of sp³-hybridized carbons (Fsp3) is 0.700. The summed E-state index contributed by atoms with van der Waals surface area (Å²) in [6.45, 7) is 9.58. The molecule has 2 nitrogen and oxygen atoms in total. The number of hydrogen-bond acceptors (Lipinski definition) is 2. The second-order valence-corrected chi connectivity index (χ2v) is 6.69. The molecule has 0 amide bonds. The second-order valence-electron chi connectivity index (χ2n) is 6.69. The van der Waals surface area contributed by atoms with Gasteiger partial charge in [0.2, 0.25) is 0 Å². The van der Waals surface area contributed by atoms with Crippen LogP contribution >= 0.6 is 0 Å². The monoisotopic (exact) mass is 306 g/mol. The summed E-state index contributed by atoms with van der Waals surface area (Å²) in [7, 11) is 0. The molecule has 0 saturated heterocycles. The van der Waals surface area contributed by atoms with Crippen molar-refractivity contribution in [2.75, 3.05) is 6.54 Å². The zero-order valence-corrected chi connectivity index (χ0v) is 15.3. The molecular weight excluding hydrogens is 268 g/mol. The van der Waals surface area contributed by atoms with E-state index < -0.39 is 0 Å². The highest BCUT2D eigenvalue weighted by atomic mass is 14.7. The van der Waals surface area contributed by atoms with Crippen molar-refractivity contribution in [3.8, 4) is 0 Å². The van der Waals surface area contributed by atoms with Gasteiger partial charge in [0.15, 0.2) is 0 Å². The molecule has 128 valence electrons. The van der Waals surface area contributed by atoms with Gasteiger partial charge in [0, 0.05) is 11.5 Å². The maximum Gasteiger partial charge on any atom is 0.0128 e. The van der Waals surface area contributed by atoms with Crippen molar-refractivity contribution in [3.05, 3.63) is 36.0 Å². The van der Waals surface area contributed by atoms with Crippen molar-refractivity contribution < 1.29 is 0 Å². The molecule has 0 aliphatic heterocycles. The van der Waals surface area contributed by atoms with Gasteiger partial charge >= 0.3 is 0 Å². The molecule has 22 heavy (non-hydrogen) atoms. The average Bonchev–Trinajstić information content (AvgIpc) is 2.49. The summed E-state index contributed by atoms with van der Waals surface area (Å²) in [5.41, 5.74) is 13.4. The van der Waals surface area contributed by atoms with Crippen molar-refractivity contribution in [1.29, 1.82) is 0 Å². The number of rotatable bonds is 12. The molecule has 0 aliphatic carbocycles. The van der Waals surface area contributed by atoms with Gasteiger partial charge in [-0.1, -0.05) is 56.2 Å². The lowest BCUT2D eigenvalue weighted by Gasteiger charge is -2.33. The van der Waals surface area contributed by atoms with E-state index in [1.54, 1.807) is 0 Å². The average molecular weight is 307 g/mol. The van der Waals surface area contributed by atoms with Crippen LogP contribution in [0.3, 0.4) is 0 Å². The van der Waals surface area contributed by atoms with Gasteiger partial charge in [-0.25, -0.2) is 0 Å². The SMILES string of the molecule is C/C=C/CC/C=C/CC/C=C(\C)C(C)(C)C(N)CCCCN. The number of allylic oxidation sites excluding steroid dienone is 5. The molecule has 0 aromatic rings. The molecule has 0 aromatic carbocycles. The fourth-order valence-electron chi connectivity index (χ4n) is 2.42. The Kier molecular flexibility index (Phi) is 12.2. The van der Waals surface area contributed by atoms with Crippen LogP contribution in [0.15, 0.2) is 36.0 Å². The van der Waals surface area contributed by atoms with Crippen LogP contribution in [0.2, 0.25) is 0 Å². The van der Waals surface area contributed by atoms with Gasteiger partial charge in [-0.05, 0) is 58.9 Å². The first-order valence-electron chi connectivity index (χ1n) is 8.85. The first-order valence-corrected chi connectivity index (χ1v) is 8.85. The summed E-state index contributed by atoms with van der Waals surface area (Å²) >= 11 is 0. The topological polar surface area (TPSA) is 52.0 Å². The van der Waals surface area contributed by atoms with Gasteiger partial charge in [-0.2, -0.15) is 0 Å². The molecule has 0 aromatic heterocycles. The minimum absolute atomic E-state index is 0.0736. The molecule has 0 heterocycles. The summed E-state index contributed by atoms with van der Waals surface area (Å²) in [4.78, 5) is 0. The van der Waals surface area contributed by atoms with E-state index in [-0.39, 0.29) is 11.5 Å². The zero-order chi connectivity index (χ0) is 16.8. The Morgan fingerprint density at radius 3 is 2.18 bits per heavy atom. The minimum Gasteiger partial charge on any atom is -0.330 e. The Bertz CT molecular complexity index is 351. The van der Waals surface area contributed by atoms with E-state index in [1.807, 2.05) is 0 Å². The maximum absolute atomic E-state index is 6.39. The lowest BCUT2D eigenvalue weighted by Crippen LogP contribution is -2.38. The van der Waals surface area contributed by atoms with Crippen LogP contribution in [0.1, 0.15) is 72.6 Å². The van der Waals surface area contributed by atoms with Crippen molar-refractivity contribution in [2.24, 2.45) is 16.9 Å². The van der Waals surface area contributed by atoms with E-state index in [1.165, 1.54) is 5.57 Å². The van der Waals surface area contributed by atoms with Crippen LogP contribution in [0, 0.1) is 5.41 Å². The normalized spacial score (nSPS) is 15.1. The maximum atomic E-state index is 6.39. The lowest BCUT2D eigenvalue weighted by molar-refractivity contribution is 0.323. The van der Waals surface area contributed by atoms with E-state index >= 15 is 0 Å². The first-order chi connectivity index (χ1) is 10.5. The molecular formula is C20H38N2. The largest absolute Gasteiger partial charge is 0.330 e. The first kappa shape index (κ1) is 21.1. The second kappa shape index (κ2) is 12.7. The third-order valence-electron chi connectivity index (χ3n) is 4.60. The molecule has 0 saturated carbocycles. The highest BCUT2D eigenvalue weighted by Gasteiger charge is 2.27. The van der Waals surface area contributed by atoms with Gasteiger partial charge in [0.1, 0.15) is 0 Å². The summed E-state index contributed by atoms with van der Waals surface area (Å²) in [6.07, 6.45) is 19.0. The molecule has 0 spiro atoms. The molecule has 2 heteroatoms. The molecule has 0 rings (SSSR count). The smallest absolute Gasteiger partial charge is 0.0128 e. The molecule has 1 unspecified atom stereocenters. The van der Waals surface area contributed by atoms with Gasteiger partial charge in [0.25, 0.3) is 0 Å². The molecule has 0 fully saturated rings. The number of hydrogen-bond donors (Lipinski definition) is 2. The van der Waals surface area contributed by atoms with Crippen LogP contribution < -0.4 is 11.5 Å². The van der Waals surface area contributed by atoms with Crippen LogP contribution in [0.5, 0.6) is 0 Å². The third-order valence-corrected chi connectivity index (χ3v) is 4.60. The van der Waals surface area contributed by atoms with E-state index in [2.05, 4.69) is 58.1 Å². The Morgan fingerprint density at radius 2 is 1.59 bits per heavy atom. The molecule has 1 atom stereocenters. The molecule has 0 radical (unpaired) electrons. The summed E-state index contributed by atoms with van der Waals surface area (Å²) in [5.74, 6) is 0. The molecule has 0 bridgehead atoms. The highest BCUT2D eigenvalue weighted by Crippen LogP contribution is 2.31.